The second kappa shape index (κ2) is 48.9. The number of unbranched alkanes of at least 4 members (excludes halogenated alkanes) is 25. The fourth-order valence-corrected chi connectivity index (χ4v) is 7.08. The molecule has 0 aromatic carbocycles. The van der Waals surface area contributed by atoms with E-state index >= 15 is 0 Å². The van der Waals surface area contributed by atoms with Crippen molar-refractivity contribution in [2.45, 2.75) is 244 Å². The smallest absolute Gasteiger partial charge is 0.220 e. The van der Waals surface area contributed by atoms with Gasteiger partial charge in [0, 0.05) is 6.42 Å². The Bertz CT molecular complexity index is 1050. The molecule has 0 aromatic heterocycles. The Morgan fingerprint density at radius 1 is 0.431 bits per heavy atom. The molecule has 0 fully saturated rings. The highest BCUT2D eigenvalue weighted by Crippen LogP contribution is 2.14. The molecule has 0 aliphatic heterocycles. The lowest BCUT2D eigenvalue weighted by atomic mass is 10.0. The van der Waals surface area contributed by atoms with Crippen LogP contribution in [0.1, 0.15) is 232 Å². The molecule has 334 valence electrons. The van der Waals surface area contributed by atoms with Gasteiger partial charge in [-0.3, -0.25) is 4.79 Å². The number of hydrogen-bond donors (Lipinski definition) is 3. The van der Waals surface area contributed by atoms with Gasteiger partial charge in [-0.25, -0.2) is 0 Å². The van der Waals surface area contributed by atoms with Gasteiger partial charge in [0.05, 0.1) is 18.8 Å². The molecule has 0 spiro atoms. The quantitative estimate of drug-likeness (QED) is 0.0424. The van der Waals surface area contributed by atoms with E-state index in [1.807, 2.05) is 6.08 Å². The van der Waals surface area contributed by atoms with Crippen LogP contribution < -0.4 is 5.32 Å². The van der Waals surface area contributed by atoms with Crippen LogP contribution in [0.2, 0.25) is 0 Å². The number of carbonyl (C=O) groups is 1. The first kappa shape index (κ1) is 55.6. The van der Waals surface area contributed by atoms with Crippen molar-refractivity contribution in [3.63, 3.8) is 0 Å². The van der Waals surface area contributed by atoms with Crippen molar-refractivity contribution in [2.75, 3.05) is 6.61 Å². The lowest BCUT2D eigenvalue weighted by molar-refractivity contribution is -0.123. The van der Waals surface area contributed by atoms with Crippen molar-refractivity contribution >= 4 is 5.91 Å². The largest absolute Gasteiger partial charge is 0.394 e. The zero-order chi connectivity index (χ0) is 42.1. The first-order valence-corrected chi connectivity index (χ1v) is 24.8. The van der Waals surface area contributed by atoms with Gasteiger partial charge in [0.1, 0.15) is 0 Å². The molecule has 2 atom stereocenters. The van der Waals surface area contributed by atoms with Gasteiger partial charge in [0.2, 0.25) is 5.91 Å². The van der Waals surface area contributed by atoms with Gasteiger partial charge in [0.15, 0.2) is 0 Å². The van der Waals surface area contributed by atoms with E-state index in [2.05, 4.69) is 92.1 Å². The number of allylic oxidation sites excluding steroid dienone is 13. The maximum atomic E-state index is 12.4. The number of aliphatic hydroxyl groups excluding tert-OH is 2. The summed E-state index contributed by atoms with van der Waals surface area (Å²) in [4.78, 5) is 12.4. The van der Waals surface area contributed by atoms with Gasteiger partial charge in [0.25, 0.3) is 0 Å². The maximum absolute atomic E-state index is 12.4. The van der Waals surface area contributed by atoms with Crippen LogP contribution >= 0.6 is 0 Å². The Kier molecular flexibility index (Phi) is 46.9. The second-order valence-electron chi connectivity index (χ2n) is 16.5. The van der Waals surface area contributed by atoms with Crippen molar-refractivity contribution in [1.29, 1.82) is 0 Å². The fourth-order valence-electron chi connectivity index (χ4n) is 7.08. The SMILES string of the molecule is CC/C=C\C/C=C\C/C=C\C/C=C\CCCCCCCCCCCCC(=O)NC(CO)C(O)/C=C/CC/C=C/CC/C=C/CCCCCCCCCCCCCCC. The Morgan fingerprint density at radius 3 is 1.21 bits per heavy atom. The minimum atomic E-state index is -0.877. The highest BCUT2D eigenvalue weighted by molar-refractivity contribution is 5.76. The van der Waals surface area contributed by atoms with Crippen LogP contribution in [0.25, 0.3) is 0 Å². The summed E-state index contributed by atoms with van der Waals surface area (Å²) in [6, 6.07) is -0.653. The first-order valence-electron chi connectivity index (χ1n) is 24.8. The summed E-state index contributed by atoms with van der Waals surface area (Å²) in [5.41, 5.74) is 0. The monoisotopic (exact) mass is 806 g/mol. The van der Waals surface area contributed by atoms with E-state index in [4.69, 9.17) is 0 Å². The zero-order valence-corrected chi connectivity index (χ0v) is 38.3. The Balaban J connectivity index is 3.64. The molecule has 0 aliphatic rings. The minimum Gasteiger partial charge on any atom is -0.394 e. The van der Waals surface area contributed by atoms with Gasteiger partial charge < -0.3 is 15.5 Å². The van der Waals surface area contributed by atoms with Crippen molar-refractivity contribution in [1.82, 2.24) is 5.32 Å². The van der Waals surface area contributed by atoms with Crippen LogP contribution in [0, 0.1) is 0 Å². The Labute approximate surface area is 361 Å². The van der Waals surface area contributed by atoms with Gasteiger partial charge >= 0.3 is 0 Å². The predicted molar refractivity (Wildman–Crippen MR) is 257 cm³/mol. The third-order valence-electron chi connectivity index (χ3n) is 10.8. The summed E-state index contributed by atoms with van der Waals surface area (Å²) in [6.07, 6.45) is 71.4. The molecule has 0 bridgehead atoms. The van der Waals surface area contributed by atoms with E-state index in [-0.39, 0.29) is 12.5 Å². The molecule has 3 N–H and O–H groups in total. The highest BCUT2D eigenvalue weighted by Gasteiger charge is 2.17. The molecule has 58 heavy (non-hydrogen) atoms. The summed E-state index contributed by atoms with van der Waals surface area (Å²) in [6.45, 7) is 4.18. The third-order valence-corrected chi connectivity index (χ3v) is 10.8. The molecule has 2 unspecified atom stereocenters. The zero-order valence-electron chi connectivity index (χ0n) is 38.3. The predicted octanol–water partition coefficient (Wildman–Crippen LogP) is 16.0. The average Bonchev–Trinajstić information content (AvgIpc) is 3.23. The molecule has 0 saturated heterocycles. The van der Waals surface area contributed by atoms with Crippen molar-refractivity contribution in [3.8, 4) is 0 Å². The van der Waals surface area contributed by atoms with Gasteiger partial charge in [-0.05, 0) is 83.5 Å². The molecule has 0 rings (SSSR count). The van der Waals surface area contributed by atoms with Gasteiger partial charge in [-0.1, -0.05) is 227 Å². The van der Waals surface area contributed by atoms with Crippen LogP contribution in [0.15, 0.2) is 85.1 Å². The number of aliphatic hydroxyl groups is 2. The van der Waals surface area contributed by atoms with E-state index in [1.165, 1.54) is 148 Å². The molecule has 4 heteroatoms. The van der Waals surface area contributed by atoms with Gasteiger partial charge in [-0.15, -0.1) is 0 Å². The highest BCUT2D eigenvalue weighted by atomic mass is 16.3. The average molecular weight is 806 g/mol. The molecule has 0 radical (unpaired) electrons. The summed E-state index contributed by atoms with van der Waals surface area (Å²) >= 11 is 0. The van der Waals surface area contributed by atoms with Crippen LogP contribution in [0.3, 0.4) is 0 Å². The van der Waals surface area contributed by atoms with Crippen LogP contribution in [0.4, 0.5) is 0 Å². The van der Waals surface area contributed by atoms with E-state index in [0.717, 1.165) is 64.2 Å². The number of carbonyl (C=O) groups excluding carboxylic acids is 1. The van der Waals surface area contributed by atoms with Crippen LogP contribution in [-0.2, 0) is 4.79 Å². The Morgan fingerprint density at radius 2 is 0.776 bits per heavy atom. The summed E-state index contributed by atoms with van der Waals surface area (Å²) in [5, 5.41) is 23.1. The molecule has 0 aromatic rings. The summed E-state index contributed by atoms with van der Waals surface area (Å²) in [5.74, 6) is -0.0851. The van der Waals surface area contributed by atoms with E-state index in [1.54, 1.807) is 6.08 Å². The van der Waals surface area contributed by atoms with Crippen molar-refractivity contribution < 1.29 is 15.0 Å². The Hall–Kier alpha value is -2.43. The van der Waals surface area contributed by atoms with E-state index in [9.17, 15) is 15.0 Å². The minimum absolute atomic E-state index is 0.0851. The number of amides is 1. The standard InChI is InChI=1S/C54H95NO3/c1-3-5-7-9-11-13-15-17-19-21-23-25-27-29-31-33-35-37-39-41-43-45-47-49-53(57)52(51-56)55-54(58)50-48-46-44-42-40-38-36-34-32-30-28-26-24-22-20-18-16-14-12-10-8-6-4-2/h6,8,12,14,18,20,24,26,31,33,39,41,47,49,52-53,56-57H,3-5,7,9-11,13,15-17,19,21-23,25,27-30,32,34-38,40,42-46,48,50-51H2,1-2H3,(H,55,58)/b8-6-,14-12-,20-18-,26-24-,33-31+,41-39+,49-47+. The molecule has 0 aliphatic carbocycles. The molecular weight excluding hydrogens is 711 g/mol. The van der Waals surface area contributed by atoms with E-state index < -0.39 is 12.1 Å². The third kappa shape index (κ3) is 44.7. The molecular formula is C54H95NO3. The van der Waals surface area contributed by atoms with Crippen molar-refractivity contribution in [3.05, 3.63) is 85.1 Å². The van der Waals surface area contributed by atoms with E-state index in [0.29, 0.717) is 6.42 Å². The molecule has 4 nitrogen and oxygen atoms in total. The molecule has 0 saturated carbocycles. The summed E-state index contributed by atoms with van der Waals surface area (Å²) < 4.78 is 0. The number of rotatable bonds is 44. The maximum Gasteiger partial charge on any atom is 0.220 e. The molecule has 1 amide bonds. The number of hydrogen-bond acceptors (Lipinski definition) is 3. The first-order chi connectivity index (χ1) is 28.7. The number of nitrogens with one attached hydrogen (secondary N) is 1. The lowest BCUT2D eigenvalue weighted by Crippen LogP contribution is -2.45. The normalized spacial score (nSPS) is 13.7. The van der Waals surface area contributed by atoms with Crippen LogP contribution in [-0.4, -0.2) is 34.9 Å². The lowest BCUT2D eigenvalue weighted by Gasteiger charge is -2.19. The summed E-state index contributed by atoms with van der Waals surface area (Å²) in [7, 11) is 0. The molecule has 0 heterocycles. The topological polar surface area (TPSA) is 69.6 Å². The second-order valence-corrected chi connectivity index (χ2v) is 16.5. The van der Waals surface area contributed by atoms with Crippen molar-refractivity contribution in [2.24, 2.45) is 0 Å². The fraction of sp³-hybridized carbons (Fsp3) is 0.722. The van der Waals surface area contributed by atoms with Gasteiger partial charge in [-0.2, -0.15) is 0 Å². The van der Waals surface area contributed by atoms with Crippen LogP contribution in [0.5, 0.6) is 0 Å².